The molecule has 2 aliphatic heterocycles. The Labute approximate surface area is 212 Å². The first-order valence-electron chi connectivity index (χ1n) is 10.5. The second kappa shape index (κ2) is 14.5. The predicted octanol–water partition coefficient (Wildman–Crippen LogP) is 5.99. The average molecular weight is 526 g/mol. The van der Waals surface area contributed by atoms with Crippen LogP contribution in [0.15, 0.2) is 65.0 Å². The minimum Gasteiger partial charge on any atom is -0.379 e. The van der Waals surface area contributed by atoms with E-state index >= 15 is 0 Å². The van der Waals surface area contributed by atoms with E-state index in [4.69, 9.17) is 27.9 Å². The number of ether oxygens (including phenoxy) is 1. The lowest BCUT2D eigenvalue weighted by Gasteiger charge is -2.15. The van der Waals surface area contributed by atoms with Crippen molar-refractivity contribution in [2.75, 3.05) is 42.5 Å². The maximum Gasteiger partial charge on any atom is 0.227 e. The second-order valence-electron chi connectivity index (χ2n) is 6.99. The van der Waals surface area contributed by atoms with Crippen molar-refractivity contribution in [3.63, 3.8) is 0 Å². The van der Waals surface area contributed by atoms with Crippen molar-refractivity contribution in [1.82, 2.24) is 10.3 Å². The van der Waals surface area contributed by atoms with E-state index in [2.05, 4.69) is 15.0 Å². The fourth-order valence-corrected chi connectivity index (χ4v) is 4.62. The summed E-state index contributed by atoms with van der Waals surface area (Å²) in [6.45, 7) is 4.67. The van der Waals surface area contributed by atoms with Crippen LogP contribution in [0.5, 0.6) is 0 Å². The zero-order chi connectivity index (χ0) is 23.3. The van der Waals surface area contributed by atoms with Crippen LogP contribution in [0.1, 0.15) is 12.8 Å². The van der Waals surface area contributed by atoms with Crippen molar-refractivity contribution in [2.45, 2.75) is 17.7 Å². The molecule has 0 aliphatic carbocycles. The van der Waals surface area contributed by atoms with E-state index in [1.807, 2.05) is 40.6 Å². The van der Waals surface area contributed by atoms with Crippen molar-refractivity contribution in [2.24, 2.45) is 0 Å². The van der Waals surface area contributed by atoms with Crippen LogP contribution in [0.4, 0.5) is 10.8 Å². The first-order valence-corrected chi connectivity index (χ1v) is 13.0. The molecule has 0 bridgehead atoms. The molecule has 0 unspecified atom stereocenters. The molecule has 2 fully saturated rings. The molecule has 2 N–H and O–H groups in total. The highest BCUT2D eigenvalue weighted by atomic mass is 35.5. The molecule has 2 aliphatic rings. The standard InChI is InChI=1S/C13H13N3OS2.C6H4Cl2.C4H9NO/c17-12-2-1-8-16(12)10-3-5-11(6-4-10)19-15-13-14-7-9-18-13;7-5-2-1-3-6(8)4-5;1-3-6-4-2-5-1/h3-7,9H,1-2,8H2,(H,14,15);1-4H;5H,1-4H2. The van der Waals surface area contributed by atoms with Crippen molar-refractivity contribution < 1.29 is 9.53 Å². The van der Waals surface area contributed by atoms with E-state index < -0.39 is 0 Å². The Bertz CT molecular complexity index is 942. The number of amides is 1. The Balaban J connectivity index is 0.000000179. The van der Waals surface area contributed by atoms with E-state index in [-0.39, 0.29) is 5.91 Å². The summed E-state index contributed by atoms with van der Waals surface area (Å²) in [7, 11) is 0. The number of benzene rings is 2. The number of thiazole rings is 1. The number of rotatable bonds is 4. The highest BCUT2D eigenvalue weighted by molar-refractivity contribution is 8.00. The summed E-state index contributed by atoms with van der Waals surface area (Å²) >= 11 is 14.2. The number of hydrogen-bond donors (Lipinski definition) is 2. The molecular weight excluding hydrogens is 499 g/mol. The van der Waals surface area contributed by atoms with E-state index in [9.17, 15) is 4.79 Å². The highest BCUT2D eigenvalue weighted by Gasteiger charge is 2.21. The van der Waals surface area contributed by atoms with Crippen LogP contribution in [0.3, 0.4) is 0 Å². The minimum absolute atomic E-state index is 0.223. The van der Waals surface area contributed by atoms with Crippen LogP contribution in [0, 0.1) is 0 Å². The average Bonchev–Trinajstić information content (AvgIpc) is 3.52. The third-order valence-electron chi connectivity index (χ3n) is 4.54. The molecule has 0 atom stereocenters. The molecule has 33 heavy (non-hydrogen) atoms. The van der Waals surface area contributed by atoms with Crippen molar-refractivity contribution >= 4 is 63.2 Å². The van der Waals surface area contributed by atoms with Gasteiger partial charge in [0.2, 0.25) is 5.91 Å². The Kier molecular flexibility index (Phi) is 11.3. The Morgan fingerprint density at radius 1 is 1.09 bits per heavy atom. The van der Waals surface area contributed by atoms with Gasteiger partial charge in [-0.05, 0) is 60.8 Å². The summed E-state index contributed by atoms with van der Waals surface area (Å²) in [4.78, 5) is 18.8. The van der Waals surface area contributed by atoms with Crippen LogP contribution >= 0.6 is 46.5 Å². The number of halogens is 2. The first-order chi connectivity index (χ1) is 16.1. The van der Waals surface area contributed by atoms with Crippen molar-refractivity contribution in [3.05, 3.63) is 70.2 Å². The SMILES string of the molecule is C1COCCN1.Clc1cccc(Cl)c1.O=C1CCCN1c1ccc(SNc2nccs2)cc1. The zero-order valence-electron chi connectivity index (χ0n) is 18.0. The monoisotopic (exact) mass is 524 g/mol. The summed E-state index contributed by atoms with van der Waals surface area (Å²) in [5.74, 6) is 0.223. The van der Waals surface area contributed by atoms with Crippen molar-refractivity contribution in [1.29, 1.82) is 0 Å². The van der Waals surface area contributed by atoms with E-state index in [0.717, 1.165) is 55.0 Å². The molecule has 3 heterocycles. The van der Waals surface area contributed by atoms with Gasteiger partial charge in [-0.1, -0.05) is 29.3 Å². The van der Waals surface area contributed by atoms with Crippen LogP contribution in [-0.2, 0) is 9.53 Å². The first kappa shape index (κ1) is 25.8. The summed E-state index contributed by atoms with van der Waals surface area (Å²) < 4.78 is 8.19. The van der Waals surface area contributed by atoms with Gasteiger partial charge < -0.3 is 19.7 Å². The fourth-order valence-electron chi connectivity index (χ4n) is 2.97. The smallest absolute Gasteiger partial charge is 0.227 e. The molecule has 1 amide bonds. The molecule has 0 spiro atoms. The maximum atomic E-state index is 11.6. The number of nitrogens with one attached hydrogen (secondary N) is 2. The van der Waals surface area contributed by atoms with Gasteiger partial charge >= 0.3 is 0 Å². The van der Waals surface area contributed by atoms with E-state index in [0.29, 0.717) is 16.5 Å². The number of anilines is 2. The Hall–Kier alpha value is -1.81. The number of aromatic nitrogens is 1. The van der Waals surface area contributed by atoms with Gasteiger partial charge in [-0.25, -0.2) is 4.98 Å². The summed E-state index contributed by atoms with van der Waals surface area (Å²) in [6, 6.07) is 15.1. The fraction of sp³-hybridized carbons (Fsp3) is 0.304. The number of carbonyl (C=O) groups is 1. The molecule has 3 aromatic rings. The predicted molar refractivity (Wildman–Crippen MR) is 140 cm³/mol. The molecule has 176 valence electrons. The molecule has 1 aromatic heterocycles. The van der Waals surface area contributed by atoms with Gasteiger partial charge in [-0.3, -0.25) is 4.79 Å². The van der Waals surface area contributed by atoms with Gasteiger partial charge in [-0.15, -0.1) is 11.3 Å². The van der Waals surface area contributed by atoms with E-state index in [1.54, 1.807) is 35.7 Å². The molecule has 0 saturated carbocycles. The largest absolute Gasteiger partial charge is 0.379 e. The molecule has 6 nitrogen and oxygen atoms in total. The third kappa shape index (κ3) is 9.52. The molecule has 5 rings (SSSR count). The van der Waals surface area contributed by atoms with Gasteiger partial charge in [0, 0.05) is 58.3 Å². The number of morpholine rings is 1. The summed E-state index contributed by atoms with van der Waals surface area (Å²) in [5.41, 5.74) is 0.987. The minimum atomic E-state index is 0.223. The maximum absolute atomic E-state index is 11.6. The topological polar surface area (TPSA) is 66.5 Å². The van der Waals surface area contributed by atoms with Crippen LogP contribution in [-0.4, -0.2) is 43.7 Å². The van der Waals surface area contributed by atoms with E-state index in [1.165, 1.54) is 11.9 Å². The Morgan fingerprint density at radius 3 is 2.27 bits per heavy atom. The lowest BCUT2D eigenvalue weighted by Crippen LogP contribution is -2.30. The summed E-state index contributed by atoms with van der Waals surface area (Å²) in [6.07, 6.45) is 3.40. The molecular formula is C23H26Cl2N4O2S2. The molecule has 2 saturated heterocycles. The molecule has 2 aromatic carbocycles. The molecule has 0 radical (unpaired) electrons. The number of carbonyl (C=O) groups excluding carboxylic acids is 1. The lowest BCUT2D eigenvalue weighted by molar-refractivity contribution is -0.117. The normalized spacial score (nSPS) is 15.2. The number of nitrogens with zero attached hydrogens (tertiary/aromatic N) is 2. The van der Waals surface area contributed by atoms with Gasteiger partial charge in [0.05, 0.1) is 13.2 Å². The zero-order valence-corrected chi connectivity index (χ0v) is 21.2. The summed E-state index contributed by atoms with van der Waals surface area (Å²) in [5, 5.41) is 7.34. The van der Waals surface area contributed by atoms with Gasteiger partial charge in [0.25, 0.3) is 0 Å². The highest BCUT2D eigenvalue weighted by Crippen LogP contribution is 2.26. The lowest BCUT2D eigenvalue weighted by atomic mass is 10.3. The third-order valence-corrected chi connectivity index (χ3v) is 6.63. The second-order valence-corrected chi connectivity index (χ2v) is 9.63. The van der Waals surface area contributed by atoms with Crippen molar-refractivity contribution in [3.8, 4) is 0 Å². The van der Waals surface area contributed by atoms with Gasteiger partial charge in [-0.2, -0.15) is 0 Å². The van der Waals surface area contributed by atoms with Crippen LogP contribution < -0.4 is 14.9 Å². The Morgan fingerprint density at radius 2 is 1.82 bits per heavy atom. The quantitative estimate of drug-likeness (QED) is 0.408. The van der Waals surface area contributed by atoms with Gasteiger partial charge in [0.1, 0.15) is 0 Å². The number of hydrogen-bond acceptors (Lipinski definition) is 7. The molecule has 10 heteroatoms. The van der Waals surface area contributed by atoms with Gasteiger partial charge in [0.15, 0.2) is 5.13 Å². The van der Waals surface area contributed by atoms with Crippen LogP contribution in [0.25, 0.3) is 0 Å². The van der Waals surface area contributed by atoms with Crippen LogP contribution in [0.2, 0.25) is 10.0 Å².